The lowest BCUT2D eigenvalue weighted by atomic mass is 10.0. The van der Waals surface area contributed by atoms with E-state index < -0.39 is 11.9 Å². The maximum Gasteiger partial charge on any atom is 0.343 e. The fourth-order valence-corrected chi connectivity index (χ4v) is 8.50. The quantitative estimate of drug-likeness (QED) is 0.0195. The fraction of sp³-hybridized carbons (Fsp3) is 0.387. The summed E-state index contributed by atoms with van der Waals surface area (Å²) in [5.74, 6) is -0.138. The minimum atomic E-state index is -0.463. The van der Waals surface area contributed by atoms with Crippen molar-refractivity contribution in [1.29, 1.82) is 0 Å². The van der Waals surface area contributed by atoms with Crippen LogP contribution >= 0.6 is 0 Å². The minimum Gasteiger partial charge on any atom is -0.423 e. The highest BCUT2D eigenvalue weighted by atomic mass is 16.5. The second-order valence-electron chi connectivity index (χ2n) is 18.4. The summed E-state index contributed by atoms with van der Waals surface area (Å²) in [5.41, 5.74) is 7.15. The van der Waals surface area contributed by atoms with Gasteiger partial charge in [0.1, 0.15) is 11.5 Å². The molecule has 0 saturated carbocycles. The van der Waals surface area contributed by atoms with Gasteiger partial charge >= 0.3 is 11.9 Å². The third-order valence-electron chi connectivity index (χ3n) is 12.7. The molecule has 0 radical (unpaired) electrons. The highest BCUT2D eigenvalue weighted by Crippen LogP contribution is 2.27. The van der Waals surface area contributed by atoms with E-state index in [4.69, 9.17) is 9.47 Å². The first-order valence-corrected chi connectivity index (χ1v) is 25.9. The van der Waals surface area contributed by atoms with Crippen LogP contribution in [0.1, 0.15) is 185 Å². The van der Waals surface area contributed by atoms with Crippen molar-refractivity contribution in [3.8, 4) is 11.5 Å². The largest absolute Gasteiger partial charge is 0.423 e. The predicted molar refractivity (Wildman–Crippen MR) is 285 cm³/mol. The standard InChI is InChI=1S/C62H74N2O4/c1-3-5-7-9-11-13-15-17-19-21-23-49-29-39-57(40-30-49)63-47-51-25-33-54(34-26-51)61(65)67-59-43-37-53-38-44-60(46-56(53)45-59)68-62(66)55-35-27-52(28-36-55)48-64-58-41-31-50(32-42-58)24-22-20-18-16-14-12-10-8-6-4-2/h25-48H,3-24H2,1-2H3. The third kappa shape index (κ3) is 18.5. The SMILES string of the molecule is CCCCCCCCCCCCc1ccc(N=Cc2ccc(C(=O)Oc3ccc4ccc(OC(=O)c5ccc(C=Nc6ccc(CCCCCCCCCCCC)cc6)cc5)cc4c3)cc2)cc1. The van der Waals surface area contributed by atoms with Gasteiger partial charge in [0, 0.05) is 12.4 Å². The van der Waals surface area contributed by atoms with Gasteiger partial charge in [-0.05, 0) is 132 Å². The van der Waals surface area contributed by atoms with Gasteiger partial charge in [0.25, 0.3) is 0 Å². The van der Waals surface area contributed by atoms with E-state index >= 15 is 0 Å². The molecule has 356 valence electrons. The van der Waals surface area contributed by atoms with E-state index in [0.717, 1.165) is 46.1 Å². The molecule has 6 aromatic carbocycles. The summed E-state index contributed by atoms with van der Waals surface area (Å²) in [6.07, 6.45) is 32.8. The lowest BCUT2D eigenvalue weighted by Gasteiger charge is -2.08. The van der Waals surface area contributed by atoms with Gasteiger partial charge in [0.15, 0.2) is 0 Å². The van der Waals surface area contributed by atoms with Crippen molar-refractivity contribution >= 4 is 46.5 Å². The van der Waals surface area contributed by atoms with E-state index in [2.05, 4.69) is 72.4 Å². The smallest absolute Gasteiger partial charge is 0.343 e. The van der Waals surface area contributed by atoms with Crippen molar-refractivity contribution in [2.45, 2.75) is 155 Å². The Morgan fingerprint density at radius 2 is 0.721 bits per heavy atom. The topological polar surface area (TPSA) is 77.3 Å². The van der Waals surface area contributed by atoms with Gasteiger partial charge in [0.05, 0.1) is 22.5 Å². The Morgan fingerprint density at radius 3 is 1.07 bits per heavy atom. The number of hydrogen-bond acceptors (Lipinski definition) is 6. The first-order valence-electron chi connectivity index (χ1n) is 25.9. The highest BCUT2D eigenvalue weighted by Gasteiger charge is 2.12. The van der Waals surface area contributed by atoms with Crippen LogP contribution in [0.2, 0.25) is 0 Å². The zero-order valence-corrected chi connectivity index (χ0v) is 40.9. The van der Waals surface area contributed by atoms with Crippen molar-refractivity contribution in [1.82, 2.24) is 0 Å². The molecule has 0 aliphatic rings. The van der Waals surface area contributed by atoms with E-state index in [1.807, 2.05) is 48.8 Å². The molecule has 0 unspecified atom stereocenters. The van der Waals surface area contributed by atoms with Gasteiger partial charge in [-0.25, -0.2) is 9.59 Å². The number of hydrogen-bond donors (Lipinski definition) is 0. The second kappa shape index (κ2) is 29.6. The molecule has 6 nitrogen and oxygen atoms in total. The first-order chi connectivity index (χ1) is 33.4. The normalized spacial score (nSPS) is 11.5. The van der Waals surface area contributed by atoms with Crippen molar-refractivity contribution in [2.75, 3.05) is 0 Å². The summed E-state index contributed by atoms with van der Waals surface area (Å²) in [5, 5.41) is 1.70. The Kier molecular flexibility index (Phi) is 22.3. The van der Waals surface area contributed by atoms with Gasteiger partial charge in [-0.3, -0.25) is 9.98 Å². The number of ether oxygens (including phenoxy) is 2. The number of benzene rings is 6. The monoisotopic (exact) mass is 911 g/mol. The number of nitrogens with zero attached hydrogens (tertiary/aromatic N) is 2. The number of rotatable bonds is 30. The molecule has 0 saturated heterocycles. The number of fused-ring (bicyclic) bond motifs is 1. The summed E-state index contributed by atoms with van der Waals surface area (Å²) in [6, 6.07) is 42.2. The number of carbonyl (C=O) groups excluding carboxylic acids is 2. The van der Waals surface area contributed by atoms with Crippen LogP contribution in [0.15, 0.2) is 143 Å². The zero-order chi connectivity index (χ0) is 47.4. The minimum absolute atomic E-state index is 0.394. The molecular weight excluding hydrogens is 837 g/mol. The lowest BCUT2D eigenvalue weighted by molar-refractivity contribution is 0.0726. The predicted octanol–water partition coefficient (Wildman–Crippen LogP) is 17.7. The molecule has 0 aliphatic carbocycles. The van der Waals surface area contributed by atoms with E-state index in [1.54, 1.807) is 48.5 Å². The van der Waals surface area contributed by atoms with Crippen LogP contribution in [-0.2, 0) is 12.8 Å². The Hall–Kier alpha value is -6.14. The number of aliphatic imine (C=N–C) groups is 2. The Morgan fingerprint density at radius 1 is 0.382 bits per heavy atom. The van der Waals surface area contributed by atoms with Crippen LogP contribution in [0.25, 0.3) is 10.8 Å². The van der Waals surface area contributed by atoms with Crippen molar-refractivity contribution in [3.63, 3.8) is 0 Å². The highest BCUT2D eigenvalue weighted by molar-refractivity contribution is 5.95. The van der Waals surface area contributed by atoms with Crippen molar-refractivity contribution < 1.29 is 19.1 Å². The number of carbonyl (C=O) groups is 2. The zero-order valence-electron chi connectivity index (χ0n) is 40.9. The van der Waals surface area contributed by atoms with Crippen LogP contribution in [0, 0.1) is 0 Å². The molecule has 0 amide bonds. The van der Waals surface area contributed by atoms with Crippen molar-refractivity contribution in [2.24, 2.45) is 9.98 Å². The molecule has 0 bridgehead atoms. The van der Waals surface area contributed by atoms with Crippen LogP contribution in [0.3, 0.4) is 0 Å². The third-order valence-corrected chi connectivity index (χ3v) is 12.7. The molecular formula is C62H74N2O4. The summed E-state index contributed by atoms with van der Waals surface area (Å²) in [4.78, 5) is 35.6. The maximum atomic E-state index is 13.1. The van der Waals surface area contributed by atoms with Crippen LogP contribution in [-0.4, -0.2) is 24.4 Å². The molecule has 6 rings (SSSR count). The molecule has 0 N–H and O–H groups in total. The average molecular weight is 911 g/mol. The van der Waals surface area contributed by atoms with Crippen LogP contribution in [0.4, 0.5) is 11.4 Å². The molecule has 0 heterocycles. The molecule has 6 aromatic rings. The molecule has 0 spiro atoms. The number of unbranched alkanes of at least 4 members (excludes halogenated alkanes) is 18. The number of esters is 2. The average Bonchev–Trinajstić information content (AvgIpc) is 3.37. The van der Waals surface area contributed by atoms with Crippen LogP contribution < -0.4 is 9.47 Å². The Bertz CT molecular complexity index is 2280. The summed E-state index contributed by atoms with van der Waals surface area (Å²) in [6.45, 7) is 4.54. The molecule has 0 aromatic heterocycles. The summed E-state index contributed by atoms with van der Waals surface area (Å²) >= 11 is 0. The van der Waals surface area contributed by atoms with E-state index in [-0.39, 0.29) is 0 Å². The molecule has 0 atom stereocenters. The van der Waals surface area contributed by atoms with E-state index in [1.165, 1.54) is 140 Å². The molecule has 68 heavy (non-hydrogen) atoms. The van der Waals surface area contributed by atoms with E-state index in [0.29, 0.717) is 22.6 Å². The van der Waals surface area contributed by atoms with Gasteiger partial charge in [0.2, 0.25) is 0 Å². The van der Waals surface area contributed by atoms with Gasteiger partial charge in [-0.15, -0.1) is 0 Å². The Balaban J connectivity index is 0.902. The van der Waals surface area contributed by atoms with Gasteiger partial charge in [-0.2, -0.15) is 0 Å². The molecule has 6 heteroatoms. The van der Waals surface area contributed by atoms with E-state index in [9.17, 15) is 9.59 Å². The van der Waals surface area contributed by atoms with Gasteiger partial charge < -0.3 is 9.47 Å². The molecule has 0 fully saturated rings. The lowest BCUT2D eigenvalue weighted by Crippen LogP contribution is -2.09. The van der Waals surface area contributed by atoms with Crippen LogP contribution in [0.5, 0.6) is 11.5 Å². The summed E-state index contributed by atoms with van der Waals surface area (Å²) < 4.78 is 11.5. The second-order valence-corrected chi connectivity index (χ2v) is 18.4. The first kappa shape index (κ1) is 51.3. The van der Waals surface area contributed by atoms with Crippen molar-refractivity contribution in [3.05, 3.63) is 167 Å². The fourth-order valence-electron chi connectivity index (χ4n) is 8.50. The number of aryl methyl sites for hydroxylation is 2. The maximum absolute atomic E-state index is 13.1. The Labute approximate surface area is 407 Å². The summed E-state index contributed by atoms with van der Waals surface area (Å²) in [7, 11) is 0. The molecule has 0 aliphatic heterocycles. The van der Waals surface area contributed by atoms with Gasteiger partial charge in [-0.1, -0.05) is 190 Å².